The van der Waals surface area contributed by atoms with Crippen LogP contribution in [0.5, 0.6) is 0 Å². The van der Waals surface area contributed by atoms with Crippen LogP contribution >= 0.6 is 0 Å². The van der Waals surface area contributed by atoms with E-state index in [1.54, 1.807) is 12.1 Å². The Bertz CT molecular complexity index is 1270. The van der Waals surface area contributed by atoms with Crippen molar-refractivity contribution in [2.75, 3.05) is 0 Å². The number of unbranched alkanes of at least 4 members (excludes halogenated alkanes) is 1. The molecule has 0 amide bonds. The van der Waals surface area contributed by atoms with Gasteiger partial charge in [0.25, 0.3) is 0 Å². The first kappa shape index (κ1) is 20.8. The van der Waals surface area contributed by atoms with E-state index < -0.39 is 17.5 Å². The van der Waals surface area contributed by atoms with E-state index >= 15 is 0 Å². The molecule has 4 aromatic rings. The zero-order chi connectivity index (χ0) is 21.8. The summed E-state index contributed by atoms with van der Waals surface area (Å²) in [6, 6.07) is 22.2. The molecule has 0 saturated carbocycles. The Kier molecular flexibility index (Phi) is 6.09. The minimum atomic E-state index is -1.46. The molecular weight excluding hydrogens is 393 g/mol. The molecule has 0 unspecified atom stereocenters. The van der Waals surface area contributed by atoms with Gasteiger partial charge in [0.1, 0.15) is 0 Å². The number of halogens is 3. The molecule has 0 radical (unpaired) electrons. The molecule has 0 nitrogen and oxygen atoms in total. The summed E-state index contributed by atoms with van der Waals surface area (Å²) in [4.78, 5) is 0. The maximum atomic E-state index is 13.8. The van der Waals surface area contributed by atoms with E-state index in [-0.39, 0.29) is 10.8 Å². The molecule has 0 heterocycles. The molecule has 31 heavy (non-hydrogen) atoms. The van der Waals surface area contributed by atoms with Crippen molar-refractivity contribution in [3.8, 4) is 23.0 Å². The van der Waals surface area contributed by atoms with E-state index in [4.69, 9.17) is 0 Å². The monoisotopic (exact) mass is 414 g/mol. The second-order valence-corrected chi connectivity index (χ2v) is 7.55. The second kappa shape index (κ2) is 9.10. The Hall–Kier alpha value is -3.51. The second-order valence-electron chi connectivity index (χ2n) is 7.55. The number of benzene rings is 4. The number of hydrogen-bond acceptors (Lipinski definition) is 0. The SMILES string of the molecule is CCCCc1ccc(-c2ccc(C#Cc3ccc4c(F)c(F)c(F)cc4c3)cc2)cc1. The number of rotatable bonds is 4. The fourth-order valence-corrected chi connectivity index (χ4v) is 3.52. The van der Waals surface area contributed by atoms with Crippen molar-refractivity contribution in [1.29, 1.82) is 0 Å². The van der Waals surface area contributed by atoms with Gasteiger partial charge in [-0.05, 0) is 65.3 Å². The Morgan fingerprint density at radius 1 is 0.677 bits per heavy atom. The molecule has 4 aromatic carbocycles. The van der Waals surface area contributed by atoms with Crippen molar-refractivity contribution in [2.45, 2.75) is 26.2 Å². The summed E-state index contributed by atoms with van der Waals surface area (Å²) in [5.41, 5.74) is 5.06. The van der Waals surface area contributed by atoms with Crippen LogP contribution in [-0.4, -0.2) is 0 Å². The number of aryl methyl sites for hydroxylation is 1. The van der Waals surface area contributed by atoms with Crippen molar-refractivity contribution < 1.29 is 13.2 Å². The summed E-state index contributed by atoms with van der Waals surface area (Å²) in [6.07, 6.45) is 3.49. The normalized spacial score (nSPS) is 10.7. The summed E-state index contributed by atoms with van der Waals surface area (Å²) in [7, 11) is 0. The largest absolute Gasteiger partial charge is 0.204 e. The standard InChI is InChI=1S/C28H21F3/c1-2-3-4-19-7-12-22(13-8-19)23-14-9-20(10-15-23)5-6-21-11-16-25-24(17-21)18-26(29)28(31)27(25)30/h7-18H,2-4H2,1H3. The van der Waals surface area contributed by atoms with Gasteiger partial charge in [-0.2, -0.15) is 0 Å². The molecule has 0 spiro atoms. The molecule has 0 bridgehead atoms. The van der Waals surface area contributed by atoms with Gasteiger partial charge < -0.3 is 0 Å². The molecule has 0 atom stereocenters. The van der Waals surface area contributed by atoms with Gasteiger partial charge >= 0.3 is 0 Å². The number of fused-ring (bicyclic) bond motifs is 1. The highest BCUT2D eigenvalue weighted by molar-refractivity contribution is 5.84. The quantitative estimate of drug-likeness (QED) is 0.237. The van der Waals surface area contributed by atoms with Crippen LogP contribution in [0.1, 0.15) is 36.5 Å². The lowest BCUT2D eigenvalue weighted by atomic mass is 10.0. The van der Waals surface area contributed by atoms with Gasteiger partial charge in [0.15, 0.2) is 17.5 Å². The van der Waals surface area contributed by atoms with Gasteiger partial charge in [0.05, 0.1) is 0 Å². The van der Waals surface area contributed by atoms with Crippen LogP contribution in [0.3, 0.4) is 0 Å². The molecular formula is C28H21F3. The first-order valence-corrected chi connectivity index (χ1v) is 10.3. The molecule has 0 saturated heterocycles. The van der Waals surface area contributed by atoms with Crippen LogP contribution in [0.2, 0.25) is 0 Å². The fraction of sp³-hybridized carbons (Fsp3) is 0.143. The Morgan fingerprint density at radius 2 is 1.29 bits per heavy atom. The van der Waals surface area contributed by atoms with E-state index in [0.717, 1.165) is 29.2 Å². The predicted octanol–water partition coefficient (Wildman–Crippen LogP) is 7.67. The summed E-state index contributed by atoms with van der Waals surface area (Å²) >= 11 is 0. The van der Waals surface area contributed by atoms with Crippen molar-refractivity contribution in [3.63, 3.8) is 0 Å². The lowest BCUT2D eigenvalue weighted by Crippen LogP contribution is -1.92. The van der Waals surface area contributed by atoms with Gasteiger partial charge in [-0.3, -0.25) is 0 Å². The highest BCUT2D eigenvalue weighted by atomic mass is 19.2. The van der Waals surface area contributed by atoms with Crippen LogP contribution in [0, 0.1) is 29.3 Å². The van der Waals surface area contributed by atoms with Crippen molar-refractivity contribution >= 4 is 10.8 Å². The summed E-state index contributed by atoms with van der Waals surface area (Å²) in [5.74, 6) is 2.23. The third-order valence-electron chi connectivity index (χ3n) is 5.31. The van der Waals surface area contributed by atoms with Crippen molar-refractivity contribution in [3.05, 3.63) is 107 Å². The van der Waals surface area contributed by atoms with Crippen molar-refractivity contribution in [2.24, 2.45) is 0 Å². The Labute approximate surface area is 180 Å². The van der Waals surface area contributed by atoms with Crippen LogP contribution in [0.15, 0.2) is 72.8 Å². The van der Waals surface area contributed by atoms with Crippen molar-refractivity contribution in [1.82, 2.24) is 0 Å². The predicted molar refractivity (Wildman–Crippen MR) is 120 cm³/mol. The maximum absolute atomic E-state index is 13.8. The molecule has 3 heteroatoms. The Balaban J connectivity index is 1.53. The average Bonchev–Trinajstić information content (AvgIpc) is 2.80. The molecule has 0 aliphatic rings. The van der Waals surface area contributed by atoms with E-state index in [0.29, 0.717) is 5.56 Å². The average molecular weight is 414 g/mol. The Morgan fingerprint density at radius 3 is 1.97 bits per heavy atom. The molecule has 0 fully saturated rings. The molecule has 0 aromatic heterocycles. The third kappa shape index (κ3) is 4.64. The van der Waals surface area contributed by atoms with Gasteiger partial charge in [-0.15, -0.1) is 0 Å². The van der Waals surface area contributed by atoms with Crippen LogP contribution in [-0.2, 0) is 6.42 Å². The smallest absolute Gasteiger partial charge is 0.195 e. The summed E-state index contributed by atoms with van der Waals surface area (Å²) < 4.78 is 40.7. The third-order valence-corrected chi connectivity index (χ3v) is 5.31. The first-order valence-electron chi connectivity index (χ1n) is 10.3. The summed E-state index contributed by atoms with van der Waals surface area (Å²) in [6.45, 7) is 2.19. The van der Waals surface area contributed by atoms with E-state index in [1.807, 2.05) is 24.3 Å². The topological polar surface area (TPSA) is 0 Å². The van der Waals surface area contributed by atoms with Gasteiger partial charge in [-0.1, -0.05) is 67.6 Å². The lowest BCUT2D eigenvalue weighted by molar-refractivity contribution is 0.453. The molecule has 4 rings (SSSR count). The summed E-state index contributed by atoms with van der Waals surface area (Å²) in [5, 5.41) is 0.315. The minimum absolute atomic E-state index is 0.0366. The van der Waals surface area contributed by atoms with Crippen LogP contribution < -0.4 is 0 Å². The highest BCUT2D eigenvalue weighted by Crippen LogP contribution is 2.24. The van der Waals surface area contributed by atoms with Gasteiger partial charge in [0.2, 0.25) is 0 Å². The van der Waals surface area contributed by atoms with E-state index in [9.17, 15) is 13.2 Å². The maximum Gasteiger partial charge on any atom is 0.195 e. The highest BCUT2D eigenvalue weighted by Gasteiger charge is 2.13. The van der Waals surface area contributed by atoms with Crippen LogP contribution in [0.4, 0.5) is 13.2 Å². The van der Waals surface area contributed by atoms with Gasteiger partial charge in [-0.25, -0.2) is 13.2 Å². The van der Waals surface area contributed by atoms with E-state index in [1.165, 1.54) is 24.5 Å². The molecule has 0 N–H and O–H groups in total. The first-order chi connectivity index (χ1) is 15.0. The van der Waals surface area contributed by atoms with Crippen LogP contribution in [0.25, 0.3) is 21.9 Å². The fourth-order valence-electron chi connectivity index (χ4n) is 3.52. The lowest BCUT2D eigenvalue weighted by Gasteiger charge is -2.04. The molecule has 0 aliphatic heterocycles. The van der Waals surface area contributed by atoms with Gasteiger partial charge in [0, 0.05) is 16.5 Å². The van der Waals surface area contributed by atoms with E-state index in [2.05, 4.69) is 43.0 Å². The zero-order valence-electron chi connectivity index (χ0n) is 17.2. The minimum Gasteiger partial charge on any atom is -0.204 e. The zero-order valence-corrected chi connectivity index (χ0v) is 17.2. The number of hydrogen-bond donors (Lipinski definition) is 0. The molecule has 0 aliphatic carbocycles. The molecule has 154 valence electrons.